The Balaban J connectivity index is 2.68. The lowest BCUT2D eigenvalue weighted by molar-refractivity contribution is 0.259. The first-order chi connectivity index (χ1) is 9.16. The molecule has 0 saturated heterocycles. The van der Waals surface area contributed by atoms with E-state index in [0.29, 0.717) is 18.8 Å². The fourth-order valence-electron chi connectivity index (χ4n) is 1.48. The van der Waals surface area contributed by atoms with Gasteiger partial charge in [0.2, 0.25) is 0 Å². The average molecular weight is 300 g/mol. The largest absolute Gasteiger partial charge is 0.494 e. The van der Waals surface area contributed by atoms with E-state index in [9.17, 15) is 8.42 Å². The van der Waals surface area contributed by atoms with Crippen molar-refractivity contribution >= 4 is 15.7 Å². The Kier molecular flexibility index (Phi) is 4.99. The van der Waals surface area contributed by atoms with E-state index < -0.39 is 15.3 Å². The highest BCUT2D eigenvalue weighted by Gasteiger charge is 2.23. The number of hydrogen-bond acceptors (Lipinski definition) is 5. The van der Waals surface area contributed by atoms with E-state index in [1.807, 2.05) is 13.8 Å². The van der Waals surface area contributed by atoms with Crippen LogP contribution < -0.4 is 10.5 Å². The molecule has 0 aromatic heterocycles. The lowest BCUT2D eigenvalue weighted by Crippen LogP contribution is -2.33. The van der Waals surface area contributed by atoms with Crippen LogP contribution in [0.4, 0.5) is 0 Å². The molecule has 0 atom stereocenters. The predicted molar refractivity (Wildman–Crippen MR) is 76.9 cm³/mol. The molecule has 0 spiro atoms. The first-order valence-corrected chi connectivity index (χ1v) is 7.97. The molecule has 0 radical (unpaired) electrons. The van der Waals surface area contributed by atoms with Crippen LogP contribution in [-0.2, 0) is 9.84 Å². The van der Waals surface area contributed by atoms with Crippen LogP contribution in [0.5, 0.6) is 5.75 Å². The number of amidine groups is 1. The standard InChI is InChI=1S/C13H20N2O4S/c1-13(2,12(14)15-16)7-8-19-10-5-4-6-11(9-10)20(3,17)18/h4-6,9,16H,7-8H2,1-3H3,(H2,14,15). The predicted octanol–water partition coefficient (Wildman–Crippen LogP) is 1.63. The molecule has 6 nitrogen and oxygen atoms in total. The minimum absolute atomic E-state index is 0.131. The van der Waals surface area contributed by atoms with Crippen LogP contribution in [-0.4, -0.2) is 32.3 Å². The number of hydrogen-bond donors (Lipinski definition) is 2. The van der Waals surface area contributed by atoms with Gasteiger partial charge in [-0.1, -0.05) is 25.1 Å². The molecule has 1 rings (SSSR count). The van der Waals surface area contributed by atoms with E-state index in [4.69, 9.17) is 15.7 Å². The Hall–Kier alpha value is -1.76. The van der Waals surface area contributed by atoms with Gasteiger partial charge < -0.3 is 15.7 Å². The number of rotatable bonds is 6. The second kappa shape index (κ2) is 6.13. The Morgan fingerprint density at radius 1 is 1.45 bits per heavy atom. The van der Waals surface area contributed by atoms with Crippen LogP contribution >= 0.6 is 0 Å². The Bertz CT molecular complexity index is 594. The Labute approximate surface area is 119 Å². The van der Waals surface area contributed by atoms with Crippen molar-refractivity contribution < 1.29 is 18.4 Å². The van der Waals surface area contributed by atoms with E-state index in [2.05, 4.69) is 5.16 Å². The average Bonchev–Trinajstić information content (AvgIpc) is 2.37. The molecule has 0 amide bonds. The van der Waals surface area contributed by atoms with Gasteiger partial charge in [-0.05, 0) is 24.6 Å². The molecule has 1 aromatic carbocycles. The number of oxime groups is 1. The molecule has 1 aromatic rings. The number of nitrogens with zero attached hydrogens (tertiary/aromatic N) is 1. The number of sulfone groups is 1. The summed E-state index contributed by atoms with van der Waals surface area (Å²) in [5, 5.41) is 11.7. The van der Waals surface area contributed by atoms with E-state index >= 15 is 0 Å². The SMILES string of the molecule is CC(C)(CCOc1cccc(S(C)(=O)=O)c1)C(N)=NO. The molecule has 0 fully saturated rings. The third-order valence-corrected chi connectivity index (χ3v) is 4.14. The summed E-state index contributed by atoms with van der Waals surface area (Å²) >= 11 is 0. The fraction of sp³-hybridized carbons (Fsp3) is 0.462. The summed E-state index contributed by atoms with van der Waals surface area (Å²) in [5.74, 6) is 0.606. The van der Waals surface area contributed by atoms with E-state index in [1.54, 1.807) is 12.1 Å². The summed E-state index contributed by atoms with van der Waals surface area (Å²) in [4.78, 5) is 0.214. The van der Waals surface area contributed by atoms with Crippen molar-refractivity contribution in [1.82, 2.24) is 0 Å². The molecule has 0 bridgehead atoms. The van der Waals surface area contributed by atoms with Crippen LogP contribution in [0.2, 0.25) is 0 Å². The Morgan fingerprint density at radius 2 is 2.10 bits per heavy atom. The molecule has 0 aliphatic heterocycles. The summed E-state index contributed by atoms with van der Waals surface area (Å²) in [7, 11) is -3.25. The highest BCUT2D eigenvalue weighted by Crippen LogP contribution is 2.22. The minimum Gasteiger partial charge on any atom is -0.494 e. The molecule has 0 aliphatic carbocycles. The molecule has 7 heteroatoms. The topological polar surface area (TPSA) is 102 Å². The molecule has 0 heterocycles. The number of nitrogens with two attached hydrogens (primary N) is 1. The highest BCUT2D eigenvalue weighted by molar-refractivity contribution is 7.90. The maximum Gasteiger partial charge on any atom is 0.175 e. The van der Waals surface area contributed by atoms with Crippen LogP contribution in [0.15, 0.2) is 34.3 Å². The molecule has 0 aliphatic rings. The maximum absolute atomic E-state index is 11.4. The molecule has 20 heavy (non-hydrogen) atoms. The van der Waals surface area contributed by atoms with Gasteiger partial charge in [-0.25, -0.2) is 8.42 Å². The maximum atomic E-state index is 11.4. The van der Waals surface area contributed by atoms with Gasteiger partial charge in [0.05, 0.1) is 11.5 Å². The Morgan fingerprint density at radius 3 is 2.65 bits per heavy atom. The second-order valence-electron chi connectivity index (χ2n) is 5.21. The summed E-state index contributed by atoms with van der Waals surface area (Å²) in [6.07, 6.45) is 1.68. The van der Waals surface area contributed by atoms with Crippen LogP contribution in [0, 0.1) is 5.41 Å². The van der Waals surface area contributed by atoms with E-state index in [0.717, 1.165) is 6.26 Å². The monoisotopic (exact) mass is 300 g/mol. The van der Waals surface area contributed by atoms with Crippen molar-refractivity contribution in [1.29, 1.82) is 0 Å². The van der Waals surface area contributed by atoms with Crippen LogP contribution in [0.25, 0.3) is 0 Å². The highest BCUT2D eigenvalue weighted by atomic mass is 32.2. The van der Waals surface area contributed by atoms with Gasteiger partial charge in [-0.2, -0.15) is 0 Å². The number of ether oxygens (including phenoxy) is 1. The zero-order valence-electron chi connectivity index (χ0n) is 11.8. The summed E-state index contributed by atoms with van der Waals surface area (Å²) in [6.45, 7) is 3.99. The first-order valence-electron chi connectivity index (χ1n) is 6.08. The zero-order chi connectivity index (χ0) is 15.4. The van der Waals surface area contributed by atoms with Crippen molar-refractivity contribution in [2.45, 2.75) is 25.2 Å². The van der Waals surface area contributed by atoms with E-state index in [-0.39, 0.29) is 10.7 Å². The van der Waals surface area contributed by atoms with Crippen LogP contribution in [0.1, 0.15) is 20.3 Å². The van der Waals surface area contributed by atoms with E-state index in [1.165, 1.54) is 12.1 Å². The third-order valence-electron chi connectivity index (χ3n) is 3.03. The van der Waals surface area contributed by atoms with Crippen molar-refractivity contribution in [3.63, 3.8) is 0 Å². The second-order valence-corrected chi connectivity index (χ2v) is 7.23. The van der Waals surface area contributed by atoms with Gasteiger partial charge in [-0.3, -0.25) is 0 Å². The molecule has 0 saturated carbocycles. The van der Waals surface area contributed by atoms with Gasteiger partial charge in [0.25, 0.3) is 0 Å². The van der Waals surface area contributed by atoms with Gasteiger partial charge in [0.15, 0.2) is 9.84 Å². The zero-order valence-corrected chi connectivity index (χ0v) is 12.6. The van der Waals surface area contributed by atoms with Gasteiger partial charge in [0.1, 0.15) is 11.6 Å². The smallest absolute Gasteiger partial charge is 0.175 e. The van der Waals surface area contributed by atoms with Gasteiger partial charge in [-0.15, -0.1) is 0 Å². The normalized spacial score (nSPS) is 13.2. The van der Waals surface area contributed by atoms with Crippen molar-refractivity contribution in [3.05, 3.63) is 24.3 Å². The van der Waals surface area contributed by atoms with Crippen molar-refractivity contribution in [2.75, 3.05) is 12.9 Å². The third kappa shape index (κ3) is 4.41. The lowest BCUT2D eigenvalue weighted by Gasteiger charge is -2.22. The summed E-state index contributed by atoms with van der Waals surface area (Å²) in [5.41, 5.74) is 5.08. The molecule has 0 unspecified atom stereocenters. The van der Waals surface area contributed by atoms with Crippen molar-refractivity contribution in [2.24, 2.45) is 16.3 Å². The first kappa shape index (κ1) is 16.3. The number of benzene rings is 1. The fourth-order valence-corrected chi connectivity index (χ4v) is 2.14. The molecule has 112 valence electrons. The summed E-state index contributed by atoms with van der Waals surface area (Å²) < 4.78 is 28.4. The quantitative estimate of drug-likeness (QED) is 0.360. The molecule has 3 N–H and O–H groups in total. The van der Waals surface area contributed by atoms with Gasteiger partial charge in [0, 0.05) is 11.7 Å². The summed E-state index contributed by atoms with van der Waals surface area (Å²) in [6, 6.07) is 6.31. The minimum atomic E-state index is -3.25. The van der Waals surface area contributed by atoms with Gasteiger partial charge >= 0.3 is 0 Å². The van der Waals surface area contributed by atoms with Crippen LogP contribution in [0.3, 0.4) is 0 Å². The van der Waals surface area contributed by atoms with Crippen molar-refractivity contribution in [3.8, 4) is 5.75 Å². The molecular formula is C13H20N2O4S. The lowest BCUT2D eigenvalue weighted by atomic mass is 9.88. The molecular weight excluding hydrogens is 280 g/mol.